The van der Waals surface area contributed by atoms with Crippen molar-refractivity contribution >= 4 is 17.9 Å². The Balaban J connectivity index is 2.15. The Morgan fingerprint density at radius 1 is 1.18 bits per heavy atom. The summed E-state index contributed by atoms with van der Waals surface area (Å²) in [5, 5.41) is 0. The molecule has 2 aromatic rings. The van der Waals surface area contributed by atoms with Crippen molar-refractivity contribution in [3.05, 3.63) is 29.8 Å². The zero-order valence-corrected chi connectivity index (χ0v) is 12.6. The molecule has 8 heteroatoms. The number of anilines is 2. The molecule has 0 amide bonds. The van der Waals surface area contributed by atoms with E-state index in [1.165, 1.54) is 0 Å². The summed E-state index contributed by atoms with van der Waals surface area (Å²) >= 11 is 0. The van der Waals surface area contributed by atoms with Crippen LogP contribution in [-0.2, 0) is 4.74 Å². The molecule has 0 aliphatic heterocycles. The van der Waals surface area contributed by atoms with Gasteiger partial charge in [0.1, 0.15) is 5.75 Å². The Hall–Kier alpha value is -2.90. The van der Waals surface area contributed by atoms with Crippen LogP contribution < -0.4 is 15.4 Å². The highest BCUT2D eigenvalue weighted by Gasteiger charge is 2.10. The second-order valence-electron chi connectivity index (χ2n) is 4.52. The number of esters is 1. The highest BCUT2D eigenvalue weighted by molar-refractivity contribution is 5.89. The van der Waals surface area contributed by atoms with Gasteiger partial charge in [-0.15, -0.1) is 0 Å². The van der Waals surface area contributed by atoms with Crippen LogP contribution in [0.4, 0.5) is 11.9 Å². The molecule has 0 radical (unpaired) electrons. The van der Waals surface area contributed by atoms with E-state index < -0.39 is 0 Å². The van der Waals surface area contributed by atoms with Crippen molar-refractivity contribution in [2.24, 2.45) is 0 Å². The van der Waals surface area contributed by atoms with Gasteiger partial charge >= 0.3 is 12.0 Å². The summed E-state index contributed by atoms with van der Waals surface area (Å²) in [4.78, 5) is 25.3. The maximum Gasteiger partial charge on any atom is 0.338 e. The normalized spacial score (nSPS) is 10.1. The van der Waals surface area contributed by atoms with Crippen LogP contribution in [0.15, 0.2) is 24.3 Å². The molecule has 2 rings (SSSR count). The number of hydrogen-bond donors (Lipinski definition) is 1. The quantitative estimate of drug-likeness (QED) is 0.828. The fourth-order valence-corrected chi connectivity index (χ4v) is 1.59. The van der Waals surface area contributed by atoms with Gasteiger partial charge in [-0.2, -0.15) is 15.0 Å². The molecule has 0 saturated carbocycles. The number of benzene rings is 1. The number of nitrogen functional groups attached to an aromatic ring is 1. The smallest absolute Gasteiger partial charge is 0.338 e. The Labute approximate surface area is 127 Å². The summed E-state index contributed by atoms with van der Waals surface area (Å²) in [6, 6.07) is 6.54. The van der Waals surface area contributed by atoms with Crippen LogP contribution in [0.2, 0.25) is 0 Å². The first-order valence-electron chi connectivity index (χ1n) is 6.63. The van der Waals surface area contributed by atoms with Crippen molar-refractivity contribution in [3.8, 4) is 11.8 Å². The summed E-state index contributed by atoms with van der Waals surface area (Å²) in [7, 11) is 3.57. The SMILES string of the molecule is CCOC(=O)c1ccc(Oc2nc(N)nc(N(C)C)n2)cc1. The van der Waals surface area contributed by atoms with Gasteiger partial charge in [0.05, 0.1) is 12.2 Å². The fourth-order valence-electron chi connectivity index (χ4n) is 1.59. The Morgan fingerprint density at radius 2 is 1.86 bits per heavy atom. The van der Waals surface area contributed by atoms with E-state index in [1.54, 1.807) is 50.2 Å². The van der Waals surface area contributed by atoms with Crippen molar-refractivity contribution in [3.63, 3.8) is 0 Å². The molecular formula is C14H17N5O3. The average Bonchev–Trinajstić information content (AvgIpc) is 2.47. The molecule has 1 aromatic heterocycles. The van der Waals surface area contributed by atoms with E-state index in [0.717, 1.165) is 0 Å². The van der Waals surface area contributed by atoms with E-state index in [2.05, 4.69) is 15.0 Å². The Bertz CT molecular complexity index is 658. The molecule has 0 saturated heterocycles. The lowest BCUT2D eigenvalue weighted by molar-refractivity contribution is 0.0526. The van der Waals surface area contributed by atoms with E-state index in [1.807, 2.05) is 0 Å². The highest BCUT2D eigenvalue weighted by Crippen LogP contribution is 2.20. The van der Waals surface area contributed by atoms with Crippen molar-refractivity contribution in [2.45, 2.75) is 6.92 Å². The van der Waals surface area contributed by atoms with Crippen LogP contribution in [-0.4, -0.2) is 41.6 Å². The van der Waals surface area contributed by atoms with Crippen LogP contribution in [0, 0.1) is 0 Å². The first-order chi connectivity index (χ1) is 10.5. The van der Waals surface area contributed by atoms with Gasteiger partial charge in [0.25, 0.3) is 0 Å². The summed E-state index contributed by atoms with van der Waals surface area (Å²) in [6.07, 6.45) is 0. The molecule has 0 fully saturated rings. The number of carbonyl (C=O) groups is 1. The van der Waals surface area contributed by atoms with Crippen molar-refractivity contribution in [2.75, 3.05) is 31.3 Å². The Morgan fingerprint density at radius 3 is 2.45 bits per heavy atom. The highest BCUT2D eigenvalue weighted by atomic mass is 16.5. The molecule has 0 aliphatic carbocycles. The second kappa shape index (κ2) is 6.70. The van der Waals surface area contributed by atoms with Gasteiger partial charge in [0.15, 0.2) is 0 Å². The first-order valence-corrected chi connectivity index (χ1v) is 6.63. The van der Waals surface area contributed by atoms with Crippen LogP contribution in [0.25, 0.3) is 0 Å². The number of ether oxygens (including phenoxy) is 2. The summed E-state index contributed by atoms with van der Waals surface area (Å²) in [6.45, 7) is 2.08. The molecule has 0 unspecified atom stereocenters. The van der Waals surface area contributed by atoms with Crippen molar-refractivity contribution < 1.29 is 14.3 Å². The van der Waals surface area contributed by atoms with Crippen LogP contribution in [0.5, 0.6) is 11.8 Å². The van der Waals surface area contributed by atoms with Gasteiger partial charge in [0, 0.05) is 14.1 Å². The lowest BCUT2D eigenvalue weighted by Crippen LogP contribution is -2.15. The number of nitrogens with two attached hydrogens (primary N) is 1. The first kappa shape index (κ1) is 15.5. The van der Waals surface area contributed by atoms with Gasteiger partial charge in [0.2, 0.25) is 11.9 Å². The van der Waals surface area contributed by atoms with Gasteiger partial charge in [-0.25, -0.2) is 4.79 Å². The summed E-state index contributed by atoms with van der Waals surface area (Å²) in [5.74, 6) is 0.555. The molecule has 0 aliphatic rings. The minimum atomic E-state index is -0.381. The molecule has 2 N–H and O–H groups in total. The third-order valence-electron chi connectivity index (χ3n) is 2.59. The predicted molar refractivity (Wildman–Crippen MR) is 81.0 cm³/mol. The maximum atomic E-state index is 11.6. The lowest BCUT2D eigenvalue weighted by atomic mass is 10.2. The van der Waals surface area contributed by atoms with Crippen LogP contribution in [0.1, 0.15) is 17.3 Å². The third kappa shape index (κ3) is 3.81. The van der Waals surface area contributed by atoms with Gasteiger partial charge in [-0.3, -0.25) is 0 Å². The van der Waals surface area contributed by atoms with Gasteiger partial charge in [-0.05, 0) is 31.2 Å². The topological polar surface area (TPSA) is 103 Å². The number of rotatable bonds is 5. The largest absolute Gasteiger partial charge is 0.462 e. The van der Waals surface area contributed by atoms with Crippen LogP contribution in [0.3, 0.4) is 0 Å². The average molecular weight is 303 g/mol. The molecule has 0 bridgehead atoms. The number of nitrogens with zero attached hydrogens (tertiary/aromatic N) is 4. The molecule has 22 heavy (non-hydrogen) atoms. The van der Waals surface area contributed by atoms with Crippen LogP contribution >= 0.6 is 0 Å². The maximum absolute atomic E-state index is 11.6. The molecule has 116 valence electrons. The molecular weight excluding hydrogens is 286 g/mol. The van der Waals surface area contributed by atoms with E-state index in [4.69, 9.17) is 15.2 Å². The lowest BCUT2D eigenvalue weighted by Gasteiger charge is -2.11. The summed E-state index contributed by atoms with van der Waals surface area (Å²) < 4.78 is 10.4. The van der Waals surface area contributed by atoms with E-state index >= 15 is 0 Å². The number of hydrogen-bond acceptors (Lipinski definition) is 8. The number of aromatic nitrogens is 3. The molecule has 1 heterocycles. The fraction of sp³-hybridized carbons (Fsp3) is 0.286. The standard InChI is InChI=1S/C14H17N5O3/c1-4-21-11(20)9-5-7-10(8-6-9)22-14-17-12(15)16-13(18-14)19(2)3/h5-8H,4H2,1-3H3,(H2,15,16,17,18). The third-order valence-corrected chi connectivity index (χ3v) is 2.59. The second-order valence-corrected chi connectivity index (χ2v) is 4.52. The minimum absolute atomic E-state index is 0.0665. The predicted octanol–water partition coefficient (Wildman–Crippen LogP) is 1.49. The van der Waals surface area contributed by atoms with E-state index in [0.29, 0.717) is 23.9 Å². The zero-order valence-electron chi connectivity index (χ0n) is 12.6. The Kier molecular flexibility index (Phi) is 4.72. The van der Waals surface area contributed by atoms with Crippen molar-refractivity contribution in [1.82, 2.24) is 15.0 Å². The molecule has 0 atom stereocenters. The molecule has 0 spiro atoms. The molecule has 1 aromatic carbocycles. The zero-order chi connectivity index (χ0) is 16.1. The summed E-state index contributed by atoms with van der Waals surface area (Å²) in [5.41, 5.74) is 6.06. The number of carbonyl (C=O) groups excluding carboxylic acids is 1. The van der Waals surface area contributed by atoms with E-state index in [9.17, 15) is 4.79 Å². The monoisotopic (exact) mass is 303 g/mol. The minimum Gasteiger partial charge on any atom is -0.462 e. The van der Waals surface area contributed by atoms with Gasteiger partial charge in [-0.1, -0.05) is 0 Å². The van der Waals surface area contributed by atoms with Gasteiger partial charge < -0.3 is 20.1 Å². The van der Waals surface area contributed by atoms with E-state index in [-0.39, 0.29) is 17.9 Å². The van der Waals surface area contributed by atoms with Crippen molar-refractivity contribution in [1.29, 1.82) is 0 Å². The molecule has 8 nitrogen and oxygen atoms in total.